The Labute approximate surface area is 186 Å². The predicted molar refractivity (Wildman–Crippen MR) is 122 cm³/mol. The molecule has 3 aromatic carbocycles. The number of aryl methyl sites for hydroxylation is 2. The molecular weight excluding hydrogens is 400 g/mol. The van der Waals surface area contributed by atoms with Crippen molar-refractivity contribution in [2.75, 3.05) is 6.61 Å². The highest BCUT2D eigenvalue weighted by atomic mass is 16.5. The summed E-state index contributed by atoms with van der Waals surface area (Å²) in [6.45, 7) is 3.62. The Bertz CT molecular complexity index is 1350. The first-order valence-corrected chi connectivity index (χ1v) is 10.5. The summed E-state index contributed by atoms with van der Waals surface area (Å²) < 4.78 is 7.12. The van der Waals surface area contributed by atoms with Crippen LogP contribution in [0.15, 0.2) is 72.8 Å². The van der Waals surface area contributed by atoms with Gasteiger partial charge in [-0.25, -0.2) is 9.48 Å². The van der Waals surface area contributed by atoms with Crippen LogP contribution >= 0.6 is 0 Å². The van der Waals surface area contributed by atoms with Crippen LogP contribution in [0.5, 0.6) is 0 Å². The number of carbonyl (C=O) groups excluding carboxylic acids is 2. The van der Waals surface area contributed by atoms with Crippen molar-refractivity contribution in [1.82, 2.24) is 9.78 Å². The van der Waals surface area contributed by atoms with E-state index in [0.717, 1.165) is 34.6 Å². The van der Waals surface area contributed by atoms with Gasteiger partial charge in [-0.1, -0.05) is 36.4 Å². The Morgan fingerprint density at radius 2 is 1.59 bits per heavy atom. The van der Waals surface area contributed by atoms with E-state index in [9.17, 15) is 9.59 Å². The van der Waals surface area contributed by atoms with Gasteiger partial charge in [0.15, 0.2) is 12.4 Å². The summed E-state index contributed by atoms with van der Waals surface area (Å²) in [5.41, 5.74) is 8.47. The third-order valence-corrected chi connectivity index (χ3v) is 5.81. The summed E-state index contributed by atoms with van der Waals surface area (Å²) in [4.78, 5) is 25.1. The molecule has 5 nitrogen and oxygen atoms in total. The molecule has 0 amide bonds. The number of esters is 1. The number of rotatable bonds is 5. The van der Waals surface area contributed by atoms with Gasteiger partial charge in [-0.3, -0.25) is 4.79 Å². The second-order valence-corrected chi connectivity index (χ2v) is 8.09. The zero-order valence-electron chi connectivity index (χ0n) is 18.0. The van der Waals surface area contributed by atoms with Crippen molar-refractivity contribution in [2.24, 2.45) is 0 Å². The second-order valence-electron chi connectivity index (χ2n) is 8.09. The second kappa shape index (κ2) is 7.93. The van der Waals surface area contributed by atoms with Crippen molar-refractivity contribution >= 4 is 11.8 Å². The van der Waals surface area contributed by atoms with Crippen LogP contribution in [0.2, 0.25) is 0 Å². The molecule has 1 aromatic heterocycles. The fourth-order valence-corrected chi connectivity index (χ4v) is 4.22. The third-order valence-electron chi connectivity index (χ3n) is 5.81. The van der Waals surface area contributed by atoms with Crippen LogP contribution in [0.3, 0.4) is 0 Å². The standard InChI is InChI=1S/C27H22N2O3/c1-17-13-18(2)29(28-17)23-11-9-19(10-12-23)27(31)32-16-26(30)22-8-7-21-14-20-5-3-4-6-24(20)25(21)15-22/h3-13,15H,14,16H2,1-2H3. The summed E-state index contributed by atoms with van der Waals surface area (Å²) in [6.07, 6.45) is 0.878. The quantitative estimate of drug-likeness (QED) is 0.292. The van der Waals surface area contributed by atoms with Crippen molar-refractivity contribution in [3.8, 4) is 16.8 Å². The molecule has 5 rings (SSSR count). The van der Waals surface area contributed by atoms with Gasteiger partial charge in [0.2, 0.25) is 0 Å². The highest BCUT2D eigenvalue weighted by Crippen LogP contribution is 2.36. The maximum absolute atomic E-state index is 12.7. The van der Waals surface area contributed by atoms with Gasteiger partial charge < -0.3 is 4.74 Å². The number of aromatic nitrogens is 2. The zero-order chi connectivity index (χ0) is 22.2. The molecule has 0 bridgehead atoms. The molecular formula is C27H22N2O3. The lowest BCUT2D eigenvalue weighted by atomic mass is 10.0. The van der Waals surface area contributed by atoms with Crippen molar-refractivity contribution in [3.63, 3.8) is 0 Å². The van der Waals surface area contributed by atoms with Gasteiger partial charge in [0.1, 0.15) is 0 Å². The molecule has 1 aliphatic carbocycles. The molecule has 0 N–H and O–H groups in total. The first kappa shape index (κ1) is 19.9. The van der Waals surface area contributed by atoms with Crippen molar-refractivity contribution < 1.29 is 14.3 Å². The van der Waals surface area contributed by atoms with E-state index in [4.69, 9.17) is 4.74 Å². The summed E-state index contributed by atoms with van der Waals surface area (Å²) in [6, 6.07) is 22.9. The molecule has 158 valence electrons. The van der Waals surface area contributed by atoms with E-state index in [1.807, 2.05) is 67.1 Å². The van der Waals surface area contributed by atoms with Gasteiger partial charge in [-0.15, -0.1) is 0 Å². The van der Waals surface area contributed by atoms with Crippen LogP contribution < -0.4 is 0 Å². The smallest absolute Gasteiger partial charge is 0.338 e. The molecule has 0 saturated heterocycles. The maximum Gasteiger partial charge on any atom is 0.338 e. The average Bonchev–Trinajstić information content (AvgIpc) is 3.35. The molecule has 0 unspecified atom stereocenters. The van der Waals surface area contributed by atoms with Crippen molar-refractivity contribution in [2.45, 2.75) is 20.3 Å². The predicted octanol–water partition coefficient (Wildman–Crippen LogP) is 5.10. The minimum atomic E-state index is -0.523. The van der Waals surface area contributed by atoms with Crippen LogP contribution in [0.1, 0.15) is 43.2 Å². The van der Waals surface area contributed by atoms with Crippen LogP contribution in [-0.4, -0.2) is 28.1 Å². The van der Waals surface area contributed by atoms with Crippen LogP contribution in [0, 0.1) is 13.8 Å². The summed E-state index contributed by atoms with van der Waals surface area (Å²) in [7, 11) is 0. The monoisotopic (exact) mass is 422 g/mol. The average molecular weight is 422 g/mol. The molecule has 0 atom stereocenters. The number of benzene rings is 3. The molecule has 32 heavy (non-hydrogen) atoms. The maximum atomic E-state index is 12.7. The summed E-state index contributed by atoms with van der Waals surface area (Å²) in [5, 5.41) is 4.44. The van der Waals surface area contributed by atoms with E-state index in [2.05, 4.69) is 17.2 Å². The van der Waals surface area contributed by atoms with Crippen molar-refractivity contribution in [3.05, 3.63) is 106 Å². The molecule has 1 aliphatic rings. The number of carbonyl (C=O) groups is 2. The molecule has 0 radical (unpaired) electrons. The zero-order valence-corrected chi connectivity index (χ0v) is 18.0. The molecule has 0 saturated carbocycles. The number of ketones is 1. The van der Waals surface area contributed by atoms with E-state index >= 15 is 0 Å². The Hall–Kier alpha value is -3.99. The van der Waals surface area contributed by atoms with Gasteiger partial charge in [-0.05, 0) is 78.9 Å². The van der Waals surface area contributed by atoms with Gasteiger partial charge in [-0.2, -0.15) is 5.10 Å². The minimum Gasteiger partial charge on any atom is -0.454 e. The molecule has 5 heteroatoms. The Balaban J connectivity index is 1.26. The van der Waals surface area contributed by atoms with E-state index in [-0.39, 0.29) is 12.4 Å². The normalized spacial score (nSPS) is 11.7. The van der Waals surface area contributed by atoms with E-state index < -0.39 is 5.97 Å². The lowest BCUT2D eigenvalue weighted by Crippen LogP contribution is -2.14. The van der Waals surface area contributed by atoms with Gasteiger partial charge in [0, 0.05) is 11.3 Å². The van der Waals surface area contributed by atoms with Crippen LogP contribution in [-0.2, 0) is 11.2 Å². The summed E-state index contributed by atoms with van der Waals surface area (Å²) in [5.74, 6) is -0.741. The number of Topliss-reactive ketones (excluding diaryl/α,β-unsaturated/α-hetero) is 1. The van der Waals surface area contributed by atoms with Crippen molar-refractivity contribution in [1.29, 1.82) is 0 Å². The SMILES string of the molecule is Cc1cc(C)n(-c2ccc(C(=O)OCC(=O)c3ccc4c(c3)-c3ccccc3C4)cc2)n1. The molecule has 0 spiro atoms. The summed E-state index contributed by atoms with van der Waals surface area (Å²) >= 11 is 0. The van der Waals surface area contributed by atoms with Gasteiger partial charge in [0.25, 0.3) is 0 Å². The van der Waals surface area contributed by atoms with E-state index in [1.54, 1.807) is 12.1 Å². The molecule has 0 aliphatic heterocycles. The highest BCUT2D eigenvalue weighted by Gasteiger charge is 2.20. The molecule has 4 aromatic rings. The lowest BCUT2D eigenvalue weighted by molar-refractivity contribution is 0.0475. The topological polar surface area (TPSA) is 61.2 Å². The fourth-order valence-electron chi connectivity index (χ4n) is 4.22. The molecule has 0 fully saturated rings. The van der Waals surface area contributed by atoms with Gasteiger partial charge in [0.05, 0.1) is 16.9 Å². The first-order chi connectivity index (χ1) is 15.5. The number of hydrogen-bond acceptors (Lipinski definition) is 4. The molecule has 1 heterocycles. The largest absolute Gasteiger partial charge is 0.454 e. The first-order valence-electron chi connectivity index (χ1n) is 10.5. The minimum absolute atomic E-state index is 0.218. The number of ether oxygens (including phenoxy) is 1. The Morgan fingerprint density at radius 1 is 0.875 bits per heavy atom. The number of nitrogens with zero attached hydrogens (tertiary/aromatic N) is 2. The van der Waals surface area contributed by atoms with Gasteiger partial charge >= 0.3 is 5.97 Å². The van der Waals surface area contributed by atoms with E-state index in [1.165, 1.54) is 11.1 Å². The fraction of sp³-hybridized carbons (Fsp3) is 0.148. The number of hydrogen-bond donors (Lipinski definition) is 0. The third kappa shape index (κ3) is 3.62. The Morgan fingerprint density at radius 3 is 2.34 bits per heavy atom. The Kier molecular flexibility index (Phi) is 4.94. The number of fused-ring (bicyclic) bond motifs is 3. The van der Waals surface area contributed by atoms with Crippen LogP contribution in [0.25, 0.3) is 16.8 Å². The lowest BCUT2D eigenvalue weighted by Gasteiger charge is -2.08. The van der Waals surface area contributed by atoms with E-state index in [0.29, 0.717) is 11.1 Å². The highest BCUT2D eigenvalue weighted by molar-refractivity contribution is 6.00. The van der Waals surface area contributed by atoms with Crippen LogP contribution in [0.4, 0.5) is 0 Å².